The fraction of sp³-hybridized carbons (Fsp3) is 0.500. The fourth-order valence-corrected chi connectivity index (χ4v) is 3.38. The summed E-state index contributed by atoms with van der Waals surface area (Å²) < 4.78 is 7.36. The van der Waals surface area contributed by atoms with Crippen LogP contribution in [0.3, 0.4) is 0 Å². The minimum absolute atomic E-state index is 0.0814. The molecule has 0 N–H and O–H groups in total. The molecule has 0 bridgehead atoms. The van der Waals surface area contributed by atoms with Gasteiger partial charge in [0.15, 0.2) is 0 Å². The summed E-state index contributed by atoms with van der Waals surface area (Å²) in [6.07, 6.45) is 3.88. The summed E-state index contributed by atoms with van der Waals surface area (Å²) in [5.41, 5.74) is 1.34. The standard InChI is InChI=1S/C18H26N4O/c1-18(2)14-21(13-17-19-9-10-20(17)3)11-12-22(18)15-5-7-16(23-4)8-6-15/h5-10H,11-14H2,1-4H3. The number of hydrogen-bond donors (Lipinski definition) is 0. The van der Waals surface area contributed by atoms with Crippen LogP contribution in [0.4, 0.5) is 5.69 Å². The molecule has 5 heteroatoms. The molecule has 0 amide bonds. The number of aryl methyl sites for hydroxylation is 1. The largest absolute Gasteiger partial charge is 0.497 e. The lowest BCUT2D eigenvalue weighted by molar-refractivity contribution is 0.171. The Bertz CT molecular complexity index is 647. The molecule has 0 saturated carbocycles. The molecule has 0 aliphatic carbocycles. The van der Waals surface area contributed by atoms with Crippen LogP contribution in [0.5, 0.6) is 5.75 Å². The van der Waals surface area contributed by atoms with Crippen molar-refractivity contribution in [3.8, 4) is 5.75 Å². The molecule has 1 saturated heterocycles. The van der Waals surface area contributed by atoms with Gasteiger partial charge < -0.3 is 14.2 Å². The second-order valence-corrected chi connectivity index (χ2v) is 6.83. The molecule has 0 atom stereocenters. The molecule has 2 aromatic rings. The number of imidazole rings is 1. The number of hydrogen-bond acceptors (Lipinski definition) is 4. The molecule has 1 aliphatic rings. The van der Waals surface area contributed by atoms with Gasteiger partial charge in [-0.3, -0.25) is 4.90 Å². The zero-order chi connectivity index (χ0) is 16.4. The van der Waals surface area contributed by atoms with Crippen LogP contribution in [0.15, 0.2) is 36.7 Å². The van der Waals surface area contributed by atoms with Crippen molar-refractivity contribution in [2.45, 2.75) is 25.9 Å². The number of methoxy groups -OCH3 is 1. The van der Waals surface area contributed by atoms with Gasteiger partial charge in [0.25, 0.3) is 0 Å². The van der Waals surface area contributed by atoms with Gasteiger partial charge in [0, 0.05) is 50.3 Å². The number of anilines is 1. The van der Waals surface area contributed by atoms with E-state index in [0.29, 0.717) is 0 Å². The highest BCUT2D eigenvalue weighted by Gasteiger charge is 2.34. The van der Waals surface area contributed by atoms with Crippen LogP contribution in [0.2, 0.25) is 0 Å². The van der Waals surface area contributed by atoms with E-state index in [4.69, 9.17) is 4.74 Å². The van der Waals surface area contributed by atoms with Crippen molar-refractivity contribution >= 4 is 5.69 Å². The van der Waals surface area contributed by atoms with Crippen LogP contribution in [-0.2, 0) is 13.6 Å². The molecular weight excluding hydrogens is 288 g/mol. The third kappa shape index (κ3) is 3.34. The highest BCUT2D eigenvalue weighted by Crippen LogP contribution is 2.29. The van der Waals surface area contributed by atoms with Crippen LogP contribution in [0, 0.1) is 0 Å². The lowest BCUT2D eigenvalue weighted by Gasteiger charge is -2.48. The average molecular weight is 314 g/mol. The monoisotopic (exact) mass is 314 g/mol. The summed E-state index contributed by atoms with van der Waals surface area (Å²) in [5.74, 6) is 2.03. The first-order chi connectivity index (χ1) is 11.0. The zero-order valence-electron chi connectivity index (χ0n) is 14.5. The van der Waals surface area contributed by atoms with Crippen LogP contribution >= 0.6 is 0 Å². The topological polar surface area (TPSA) is 33.5 Å². The van der Waals surface area contributed by atoms with Gasteiger partial charge in [-0.05, 0) is 38.1 Å². The predicted octanol–water partition coefficient (Wildman–Crippen LogP) is 2.53. The molecule has 5 nitrogen and oxygen atoms in total. The summed E-state index contributed by atoms with van der Waals surface area (Å²) in [7, 11) is 3.76. The number of aromatic nitrogens is 2. The average Bonchev–Trinajstić information content (AvgIpc) is 2.92. The summed E-state index contributed by atoms with van der Waals surface area (Å²) in [6, 6.07) is 8.36. The Labute approximate surface area is 138 Å². The van der Waals surface area contributed by atoms with E-state index in [1.54, 1.807) is 7.11 Å². The van der Waals surface area contributed by atoms with Crippen molar-refractivity contribution in [2.75, 3.05) is 31.6 Å². The lowest BCUT2D eigenvalue weighted by Crippen LogP contribution is -2.59. The van der Waals surface area contributed by atoms with E-state index in [0.717, 1.165) is 37.8 Å². The molecule has 3 rings (SSSR count). The van der Waals surface area contributed by atoms with Gasteiger partial charge in [0.1, 0.15) is 11.6 Å². The van der Waals surface area contributed by atoms with Gasteiger partial charge in [-0.2, -0.15) is 0 Å². The van der Waals surface area contributed by atoms with Gasteiger partial charge in [-0.1, -0.05) is 0 Å². The third-order valence-corrected chi connectivity index (χ3v) is 4.65. The third-order valence-electron chi connectivity index (χ3n) is 4.65. The van der Waals surface area contributed by atoms with E-state index in [1.807, 2.05) is 24.5 Å². The van der Waals surface area contributed by atoms with Gasteiger partial charge >= 0.3 is 0 Å². The minimum Gasteiger partial charge on any atom is -0.497 e. The second kappa shape index (κ2) is 6.24. The predicted molar refractivity (Wildman–Crippen MR) is 92.9 cm³/mol. The maximum Gasteiger partial charge on any atom is 0.122 e. The Balaban J connectivity index is 1.70. The molecule has 124 valence electrons. The van der Waals surface area contributed by atoms with E-state index in [9.17, 15) is 0 Å². The highest BCUT2D eigenvalue weighted by molar-refractivity contribution is 5.51. The lowest BCUT2D eigenvalue weighted by atomic mass is 9.97. The number of piperazine rings is 1. The first kappa shape index (κ1) is 15.9. The maximum atomic E-state index is 5.26. The molecule has 2 heterocycles. The van der Waals surface area contributed by atoms with Gasteiger partial charge in [0.05, 0.1) is 13.7 Å². The van der Waals surface area contributed by atoms with E-state index in [2.05, 4.69) is 52.4 Å². The Kier molecular flexibility index (Phi) is 4.31. The van der Waals surface area contributed by atoms with Crippen molar-refractivity contribution in [2.24, 2.45) is 7.05 Å². The Morgan fingerprint density at radius 2 is 1.91 bits per heavy atom. The molecule has 1 aliphatic heterocycles. The minimum atomic E-state index is 0.0814. The smallest absolute Gasteiger partial charge is 0.122 e. The quantitative estimate of drug-likeness (QED) is 0.868. The summed E-state index contributed by atoms with van der Waals surface area (Å²) >= 11 is 0. The summed E-state index contributed by atoms with van der Waals surface area (Å²) in [5, 5.41) is 0. The van der Waals surface area contributed by atoms with Crippen molar-refractivity contribution in [1.82, 2.24) is 14.5 Å². The second-order valence-electron chi connectivity index (χ2n) is 6.83. The van der Waals surface area contributed by atoms with Crippen molar-refractivity contribution in [3.05, 3.63) is 42.5 Å². The molecule has 1 aromatic carbocycles. The fourth-order valence-electron chi connectivity index (χ4n) is 3.38. The van der Waals surface area contributed by atoms with Gasteiger partial charge in [0.2, 0.25) is 0 Å². The highest BCUT2D eigenvalue weighted by atomic mass is 16.5. The molecule has 0 spiro atoms. The summed E-state index contributed by atoms with van der Waals surface area (Å²) in [4.78, 5) is 9.42. The van der Waals surface area contributed by atoms with Crippen LogP contribution in [-0.4, -0.2) is 46.7 Å². The SMILES string of the molecule is COc1ccc(N2CCN(Cc3nccn3C)CC2(C)C)cc1. The van der Waals surface area contributed by atoms with Crippen molar-refractivity contribution < 1.29 is 4.74 Å². The Morgan fingerprint density at radius 1 is 1.17 bits per heavy atom. The first-order valence-electron chi connectivity index (χ1n) is 8.10. The van der Waals surface area contributed by atoms with Crippen molar-refractivity contribution in [3.63, 3.8) is 0 Å². The number of ether oxygens (including phenoxy) is 1. The first-order valence-corrected chi connectivity index (χ1v) is 8.10. The number of nitrogens with zero attached hydrogens (tertiary/aromatic N) is 4. The van der Waals surface area contributed by atoms with Crippen LogP contribution in [0.25, 0.3) is 0 Å². The van der Waals surface area contributed by atoms with Crippen LogP contribution in [0.1, 0.15) is 19.7 Å². The number of rotatable bonds is 4. The van der Waals surface area contributed by atoms with E-state index >= 15 is 0 Å². The zero-order valence-corrected chi connectivity index (χ0v) is 14.5. The van der Waals surface area contributed by atoms with Gasteiger partial charge in [-0.25, -0.2) is 4.98 Å². The molecule has 1 fully saturated rings. The van der Waals surface area contributed by atoms with E-state index in [-0.39, 0.29) is 5.54 Å². The Hall–Kier alpha value is -2.01. The van der Waals surface area contributed by atoms with Crippen LogP contribution < -0.4 is 9.64 Å². The molecule has 23 heavy (non-hydrogen) atoms. The van der Waals surface area contributed by atoms with E-state index in [1.165, 1.54) is 5.69 Å². The summed E-state index contributed by atoms with van der Waals surface area (Å²) in [6.45, 7) is 8.60. The van der Waals surface area contributed by atoms with Gasteiger partial charge in [-0.15, -0.1) is 0 Å². The molecular formula is C18H26N4O. The van der Waals surface area contributed by atoms with Crippen molar-refractivity contribution in [1.29, 1.82) is 0 Å². The van der Waals surface area contributed by atoms with E-state index < -0.39 is 0 Å². The number of benzene rings is 1. The Morgan fingerprint density at radius 3 is 2.48 bits per heavy atom. The molecule has 0 unspecified atom stereocenters. The molecule has 0 radical (unpaired) electrons. The molecule has 1 aromatic heterocycles. The normalized spacial score (nSPS) is 18.2. The maximum absolute atomic E-state index is 5.26.